The molecule has 1 saturated heterocycles. The van der Waals surface area contributed by atoms with E-state index in [2.05, 4.69) is 5.10 Å². The second kappa shape index (κ2) is 8.39. The second-order valence-corrected chi connectivity index (χ2v) is 6.85. The number of furan rings is 1. The zero-order valence-electron chi connectivity index (χ0n) is 16.1. The highest BCUT2D eigenvalue weighted by atomic mass is 16.5. The number of hydrogen-bond acceptors (Lipinski definition) is 6. The molecule has 0 saturated carbocycles. The SMILES string of the molecule is COCCN(C)c1cnn([C@H]2CCCN(C(=O)c3ccoc3C)C2)c(=O)c1. The molecule has 0 N–H and O–H groups in total. The number of likely N-dealkylation sites (N-methyl/N-ethyl adjacent to an activating group) is 1. The first-order valence-electron chi connectivity index (χ1n) is 9.13. The van der Waals surface area contributed by atoms with Crippen LogP contribution in [0, 0.1) is 6.92 Å². The first-order valence-corrected chi connectivity index (χ1v) is 9.13. The van der Waals surface area contributed by atoms with Gasteiger partial charge < -0.3 is 19.0 Å². The summed E-state index contributed by atoms with van der Waals surface area (Å²) in [6.45, 7) is 4.17. The molecule has 2 aromatic heterocycles. The largest absolute Gasteiger partial charge is 0.469 e. The number of hydrogen-bond donors (Lipinski definition) is 0. The van der Waals surface area contributed by atoms with Crippen molar-refractivity contribution in [2.45, 2.75) is 25.8 Å². The minimum absolute atomic E-state index is 0.0603. The monoisotopic (exact) mass is 374 g/mol. The van der Waals surface area contributed by atoms with Crippen LogP contribution in [-0.2, 0) is 4.74 Å². The lowest BCUT2D eigenvalue weighted by Gasteiger charge is -2.33. The van der Waals surface area contributed by atoms with Crippen LogP contribution in [0.2, 0.25) is 0 Å². The summed E-state index contributed by atoms with van der Waals surface area (Å²) in [6, 6.07) is 3.15. The summed E-state index contributed by atoms with van der Waals surface area (Å²) in [7, 11) is 3.54. The lowest BCUT2D eigenvalue weighted by atomic mass is 10.0. The van der Waals surface area contributed by atoms with Gasteiger partial charge >= 0.3 is 0 Å². The van der Waals surface area contributed by atoms with Crippen LogP contribution in [0.4, 0.5) is 5.69 Å². The van der Waals surface area contributed by atoms with Gasteiger partial charge in [0, 0.05) is 39.9 Å². The van der Waals surface area contributed by atoms with Crippen molar-refractivity contribution < 1.29 is 13.9 Å². The summed E-state index contributed by atoms with van der Waals surface area (Å²) in [5, 5.41) is 4.37. The van der Waals surface area contributed by atoms with E-state index in [1.54, 1.807) is 37.3 Å². The molecule has 27 heavy (non-hydrogen) atoms. The molecule has 1 aliphatic heterocycles. The minimum Gasteiger partial charge on any atom is -0.469 e. The van der Waals surface area contributed by atoms with Crippen molar-refractivity contribution in [1.82, 2.24) is 14.7 Å². The van der Waals surface area contributed by atoms with Crippen molar-refractivity contribution in [2.24, 2.45) is 0 Å². The molecule has 0 aromatic carbocycles. The molecule has 146 valence electrons. The van der Waals surface area contributed by atoms with Gasteiger partial charge in [-0.05, 0) is 25.8 Å². The number of nitrogens with zero attached hydrogens (tertiary/aromatic N) is 4. The van der Waals surface area contributed by atoms with E-state index in [1.807, 2.05) is 11.9 Å². The number of ether oxygens (including phenoxy) is 1. The first-order chi connectivity index (χ1) is 13.0. The Labute approximate surface area is 158 Å². The van der Waals surface area contributed by atoms with Gasteiger partial charge in [0.25, 0.3) is 11.5 Å². The zero-order valence-corrected chi connectivity index (χ0v) is 16.1. The Morgan fingerprint density at radius 2 is 2.30 bits per heavy atom. The minimum atomic E-state index is -0.157. The average Bonchev–Trinajstić information content (AvgIpc) is 3.11. The van der Waals surface area contributed by atoms with Crippen molar-refractivity contribution in [3.63, 3.8) is 0 Å². The van der Waals surface area contributed by atoms with Gasteiger partial charge in [-0.15, -0.1) is 0 Å². The van der Waals surface area contributed by atoms with Gasteiger partial charge in [0.1, 0.15) is 5.76 Å². The van der Waals surface area contributed by atoms with Crippen molar-refractivity contribution in [3.8, 4) is 0 Å². The van der Waals surface area contributed by atoms with Crippen LogP contribution in [0.15, 0.2) is 33.8 Å². The Morgan fingerprint density at radius 3 is 2.96 bits per heavy atom. The van der Waals surface area contributed by atoms with Gasteiger partial charge in [-0.2, -0.15) is 5.10 Å². The average molecular weight is 374 g/mol. The first kappa shape index (κ1) is 19.2. The fourth-order valence-corrected chi connectivity index (χ4v) is 3.36. The van der Waals surface area contributed by atoms with Crippen LogP contribution >= 0.6 is 0 Å². The van der Waals surface area contributed by atoms with Crippen LogP contribution in [-0.4, -0.2) is 61.0 Å². The molecule has 0 aliphatic carbocycles. The van der Waals surface area contributed by atoms with Crippen LogP contribution < -0.4 is 10.5 Å². The summed E-state index contributed by atoms with van der Waals surface area (Å²) < 4.78 is 11.8. The molecule has 0 radical (unpaired) electrons. The van der Waals surface area contributed by atoms with E-state index < -0.39 is 0 Å². The van der Waals surface area contributed by atoms with Gasteiger partial charge in [0.15, 0.2) is 0 Å². The number of aryl methyl sites for hydroxylation is 1. The third kappa shape index (κ3) is 4.21. The maximum atomic E-state index is 12.7. The van der Waals surface area contributed by atoms with Gasteiger partial charge in [-0.25, -0.2) is 4.68 Å². The molecular weight excluding hydrogens is 348 g/mol. The number of anilines is 1. The summed E-state index contributed by atoms with van der Waals surface area (Å²) in [5.74, 6) is 0.552. The maximum Gasteiger partial charge on any atom is 0.269 e. The number of methoxy groups -OCH3 is 1. The standard InChI is InChI=1S/C19H26N4O4/c1-14-17(6-9-27-14)19(25)22-7-4-5-15(13-22)23-18(24)11-16(12-20-23)21(2)8-10-26-3/h6,9,11-12,15H,4-5,7-8,10,13H2,1-3H3/t15-/m0/s1. The van der Waals surface area contributed by atoms with E-state index in [0.717, 1.165) is 18.5 Å². The predicted molar refractivity (Wildman–Crippen MR) is 101 cm³/mol. The zero-order chi connectivity index (χ0) is 19.4. The van der Waals surface area contributed by atoms with Crippen molar-refractivity contribution in [1.29, 1.82) is 0 Å². The van der Waals surface area contributed by atoms with Crippen molar-refractivity contribution in [3.05, 3.63) is 46.3 Å². The molecule has 3 heterocycles. The smallest absolute Gasteiger partial charge is 0.269 e. The molecule has 8 nitrogen and oxygen atoms in total. The maximum absolute atomic E-state index is 12.7. The van der Waals surface area contributed by atoms with E-state index >= 15 is 0 Å². The summed E-state index contributed by atoms with van der Waals surface area (Å²) in [4.78, 5) is 29.0. The van der Waals surface area contributed by atoms with E-state index in [4.69, 9.17) is 9.15 Å². The van der Waals surface area contributed by atoms with Gasteiger partial charge in [-0.3, -0.25) is 9.59 Å². The molecule has 1 amide bonds. The third-order valence-corrected chi connectivity index (χ3v) is 5.00. The highest BCUT2D eigenvalue weighted by Gasteiger charge is 2.28. The fraction of sp³-hybridized carbons (Fsp3) is 0.526. The lowest BCUT2D eigenvalue weighted by molar-refractivity contribution is 0.0668. The number of likely N-dealkylation sites (tertiary alicyclic amines) is 1. The summed E-state index contributed by atoms with van der Waals surface area (Å²) in [6.07, 6.45) is 4.86. The van der Waals surface area contributed by atoms with Crippen LogP contribution in [0.3, 0.4) is 0 Å². The molecular formula is C19H26N4O4. The Balaban J connectivity index is 1.73. The Morgan fingerprint density at radius 1 is 1.48 bits per heavy atom. The molecule has 1 atom stereocenters. The van der Waals surface area contributed by atoms with E-state index in [9.17, 15) is 9.59 Å². The van der Waals surface area contributed by atoms with Crippen molar-refractivity contribution in [2.75, 3.05) is 45.3 Å². The Kier molecular flexibility index (Phi) is 5.95. The lowest BCUT2D eigenvalue weighted by Crippen LogP contribution is -2.43. The summed E-state index contributed by atoms with van der Waals surface area (Å²) in [5.41, 5.74) is 1.17. The third-order valence-electron chi connectivity index (χ3n) is 5.00. The van der Waals surface area contributed by atoms with E-state index in [0.29, 0.717) is 37.6 Å². The molecule has 0 unspecified atom stereocenters. The molecule has 1 fully saturated rings. The highest BCUT2D eigenvalue weighted by Crippen LogP contribution is 2.22. The topological polar surface area (TPSA) is 80.8 Å². The number of carbonyl (C=O) groups is 1. The number of piperidine rings is 1. The molecule has 2 aromatic rings. The normalized spacial score (nSPS) is 17.1. The highest BCUT2D eigenvalue weighted by molar-refractivity contribution is 5.95. The van der Waals surface area contributed by atoms with E-state index in [-0.39, 0.29) is 17.5 Å². The van der Waals surface area contributed by atoms with Crippen molar-refractivity contribution >= 4 is 11.6 Å². The van der Waals surface area contributed by atoms with Crippen LogP contribution in [0.1, 0.15) is 35.0 Å². The number of amides is 1. The quantitative estimate of drug-likeness (QED) is 0.766. The van der Waals surface area contributed by atoms with Gasteiger partial charge in [0.05, 0.1) is 36.4 Å². The summed E-state index contributed by atoms with van der Waals surface area (Å²) >= 11 is 0. The molecule has 0 bridgehead atoms. The predicted octanol–water partition coefficient (Wildman–Crippen LogP) is 1.70. The fourth-order valence-electron chi connectivity index (χ4n) is 3.36. The molecule has 1 aliphatic rings. The molecule has 0 spiro atoms. The number of carbonyl (C=O) groups excluding carboxylic acids is 1. The number of aromatic nitrogens is 2. The van der Waals surface area contributed by atoms with Crippen LogP contribution in [0.5, 0.6) is 0 Å². The molecule has 8 heteroatoms. The van der Waals surface area contributed by atoms with Gasteiger partial charge in [0.2, 0.25) is 0 Å². The number of rotatable bonds is 6. The Hall–Kier alpha value is -2.61. The van der Waals surface area contributed by atoms with Crippen LogP contribution in [0.25, 0.3) is 0 Å². The second-order valence-electron chi connectivity index (χ2n) is 6.85. The molecule has 3 rings (SSSR count). The van der Waals surface area contributed by atoms with Gasteiger partial charge in [-0.1, -0.05) is 0 Å². The Bertz CT molecular complexity index is 844. The van der Waals surface area contributed by atoms with E-state index in [1.165, 1.54) is 10.9 Å².